The summed E-state index contributed by atoms with van der Waals surface area (Å²) in [4.78, 5) is 37.8. The zero-order chi connectivity index (χ0) is 27.4. The van der Waals surface area contributed by atoms with E-state index in [0.29, 0.717) is 53.3 Å². The first-order valence-electron chi connectivity index (χ1n) is 12.5. The Morgan fingerprint density at radius 2 is 2.00 bits per heavy atom. The van der Waals surface area contributed by atoms with Crippen LogP contribution in [0.4, 0.5) is 20.7 Å². The molecule has 0 aliphatic carbocycles. The van der Waals surface area contributed by atoms with E-state index in [1.807, 2.05) is 28.8 Å². The maximum atomic E-state index is 15.1. The number of halogens is 1. The van der Waals surface area contributed by atoms with Gasteiger partial charge < -0.3 is 25.0 Å². The van der Waals surface area contributed by atoms with Gasteiger partial charge in [-0.05, 0) is 35.7 Å². The molecular weight excluding hydrogens is 505 g/mol. The maximum absolute atomic E-state index is 15.1. The third-order valence-electron chi connectivity index (χ3n) is 6.36. The molecule has 2 amide bonds. The number of aliphatic hydroxyl groups excluding tert-OH is 1. The molecule has 5 rings (SSSR count). The second-order valence-corrected chi connectivity index (χ2v) is 9.19. The Balaban J connectivity index is 1.27. The first-order valence-corrected chi connectivity index (χ1v) is 12.5. The fourth-order valence-electron chi connectivity index (χ4n) is 4.40. The Hall–Kier alpha value is -4.58. The number of amides is 2. The molecule has 2 aromatic carbocycles. The van der Waals surface area contributed by atoms with Gasteiger partial charge in [-0.15, -0.1) is 0 Å². The van der Waals surface area contributed by atoms with E-state index >= 15 is 4.39 Å². The van der Waals surface area contributed by atoms with Crippen molar-refractivity contribution in [1.82, 2.24) is 24.8 Å². The van der Waals surface area contributed by atoms with E-state index in [1.165, 1.54) is 24.2 Å². The number of rotatable bonds is 10. The van der Waals surface area contributed by atoms with Gasteiger partial charge in [0, 0.05) is 25.6 Å². The minimum atomic E-state index is -0.577. The molecule has 0 saturated carbocycles. The van der Waals surface area contributed by atoms with Gasteiger partial charge >= 0.3 is 6.09 Å². The molecule has 12 heteroatoms. The molecule has 1 aliphatic heterocycles. The Morgan fingerprint density at radius 3 is 2.74 bits per heavy atom. The zero-order valence-electron chi connectivity index (χ0n) is 21.3. The maximum Gasteiger partial charge on any atom is 0.414 e. The Bertz CT molecular complexity index is 1490. The summed E-state index contributed by atoms with van der Waals surface area (Å²) in [6.45, 7) is 3.00. The SMILES string of the molecule is CC(=O)NCC1CN(c2ccc(-c3ccc(Cn4cnc5c(NCCCO)ncnc54)cc3)c(F)c2)C(=O)O1. The number of benzene rings is 2. The largest absolute Gasteiger partial charge is 0.442 e. The molecular formula is C27H28FN7O4. The molecule has 1 fully saturated rings. The highest BCUT2D eigenvalue weighted by molar-refractivity contribution is 5.90. The fraction of sp³-hybridized carbons (Fsp3) is 0.296. The standard InChI is InChI=1S/C27H28FN7O4/c1-17(37)30-12-21-14-35(27(38)39-21)20-7-8-22(23(28)11-20)19-5-3-18(4-6-19)13-34-16-33-24-25(29-9-2-10-36)31-15-32-26(24)34/h3-8,11,15-16,21,36H,2,9-10,12-14H2,1H3,(H,30,37)(H,29,31,32). The molecule has 202 valence electrons. The molecule has 39 heavy (non-hydrogen) atoms. The van der Waals surface area contributed by atoms with Crippen LogP contribution in [-0.4, -0.2) is 69.0 Å². The van der Waals surface area contributed by atoms with Gasteiger partial charge in [-0.3, -0.25) is 9.69 Å². The van der Waals surface area contributed by atoms with E-state index in [-0.39, 0.29) is 25.6 Å². The van der Waals surface area contributed by atoms with Crippen LogP contribution >= 0.6 is 0 Å². The molecule has 3 heterocycles. The molecule has 1 atom stereocenters. The minimum Gasteiger partial charge on any atom is -0.442 e. The molecule has 2 aromatic heterocycles. The van der Waals surface area contributed by atoms with E-state index in [1.54, 1.807) is 18.5 Å². The summed E-state index contributed by atoms with van der Waals surface area (Å²) in [6, 6.07) is 12.2. The van der Waals surface area contributed by atoms with Crippen LogP contribution in [0.15, 0.2) is 55.1 Å². The number of ether oxygens (including phenoxy) is 1. The van der Waals surface area contributed by atoms with Crippen LogP contribution in [0.2, 0.25) is 0 Å². The number of cyclic esters (lactones) is 1. The highest BCUT2D eigenvalue weighted by Gasteiger charge is 2.32. The number of anilines is 2. The van der Waals surface area contributed by atoms with Crippen molar-refractivity contribution < 1.29 is 23.8 Å². The average Bonchev–Trinajstić information content (AvgIpc) is 3.51. The number of hydrogen-bond acceptors (Lipinski definition) is 8. The number of carbonyl (C=O) groups is 2. The van der Waals surface area contributed by atoms with Crippen molar-refractivity contribution in [3.63, 3.8) is 0 Å². The highest BCUT2D eigenvalue weighted by atomic mass is 19.1. The number of nitrogens with one attached hydrogen (secondary N) is 2. The summed E-state index contributed by atoms with van der Waals surface area (Å²) in [5.41, 5.74) is 3.81. The van der Waals surface area contributed by atoms with Crippen LogP contribution in [-0.2, 0) is 16.1 Å². The number of aromatic nitrogens is 4. The number of carbonyl (C=O) groups excluding carboxylic acids is 2. The van der Waals surface area contributed by atoms with E-state index in [9.17, 15) is 9.59 Å². The number of fused-ring (bicyclic) bond motifs is 1. The number of hydrogen-bond donors (Lipinski definition) is 3. The third-order valence-corrected chi connectivity index (χ3v) is 6.36. The lowest BCUT2D eigenvalue weighted by Gasteiger charge is -2.15. The van der Waals surface area contributed by atoms with Gasteiger partial charge in [0.05, 0.1) is 31.6 Å². The van der Waals surface area contributed by atoms with Gasteiger partial charge in [0.2, 0.25) is 5.91 Å². The second-order valence-electron chi connectivity index (χ2n) is 9.19. The molecule has 0 radical (unpaired) electrons. The summed E-state index contributed by atoms with van der Waals surface area (Å²) in [5, 5.41) is 14.8. The third kappa shape index (κ3) is 5.80. The molecule has 4 aromatic rings. The molecule has 0 spiro atoms. The Labute approximate surface area is 223 Å². The van der Waals surface area contributed by atoms with E-state index in [2.05, 4.69) is 25.6 Å². The van der Waals surface area contributed by atoms with Crippen LogP contribution in [0.3, 0.4) is 0 Å². The van der Waals surface area contributed by atoms with Crippen LogP contribution in [0.25, 0.3) is 22.3 Å². The minimum absolute atomic E-state index is 0.0916. The first kappa shape index (κ1) is 26.0. The summed E-state index contributed by atoms with van der Waals surface area (Å²) in [5.74, 6) is -0.0567. The van der Waals surface area contributed by atoms with Gasteiger partial charge in [0.15, 0.2) is 11.5 Å². The molecule has 1 unspecified atom stereocenters. The van der Waals surface area contributed by atoms with E-state index in [0.717, 1.165) is 5.56 Å². The summed E-state index contributed by atoms with van der Waals surface area (Å²) in [6.07, 6.45) is 2.71. The van der Waals surface area contributed by atoms with Gasteiger partial charge in [-0.1, -0.05) is 24.3 Å². The Morgan fingerprint density at radius 1 is 1.18 bits per heavy atom. The van der Waals surface area contributed by atoms with Crippen LogP contribution in [0.5, 0.6) is 0 Å². The number of aliphatic hydroxyl groups is 1. The van der Waals surface area contributed by atoms with Crippen molar-refractivity contribution >= 4 is 34.7 Å². The molecule has 1 aliphatic rings. The van der Waals surface area contributed by atoms with Gasteiger partial charge in [0.1, 0.15) is 23.8 Å². The molecule has 1 saturated heterocycles. The molecule has 11 nitrogen and oxygen atoms in total. The van der Waals surface area contributed by atoms with E-state index < -0.39 is 18.0 Å². The monoisotopic (exact) mass is 533 g/mol. The normalized spacial score (nSPS) is 15.0. The predicted molar refractivity (Wildman–Crippen MR) is 143 cm³/mol. The van der Waals surface area contributed by atoms with Crippen LogP contribution in [0.1, 0.15) is 18.9 Å². The molecule has 3 N–H and O–H groups in total. The summed E-state index contributed by atoms with van der Waals surface area (Å²) < 4.78 is 22.3. The Kier molecular flexibility index (Phi) is 7.64. The summed E-state index contributed by atoms with van der Waals surface area (Å²) >= 11 is 0. The zero-order valence-corrected chi connectivity index (χ0v) is 21.3. The predicted octanol–water partition coefficient (Wildman–Crippen LogP) is 2.94. The van der Waals surface area contributed by atoms with Gasteiger partial charge in [-0.25, -0.2) is 24.1 Å². The quantitative estimate of drug-likeness (QED) is 0.265. The van der Waals surface area contributed by atoms with Crippen molar-refractivity contribution in [2.75, 3.05) is 36.5 Å². The topological polar surface area (TPSA) is 134 Å². The van der Waals surface area contributed by atoms with Crippen molar-refractivity contribution in [3.05, 3.63) is 66.5 Å². The molecule has 0 bridgehead atoms. The highest BCUT2D eigenvalue weighted by Crippen LogP contribution is 2.29. The van der Waals surface area contributed by atoms with Crippen molar-refractivity contribution in [2.45, 2.75) is 26.0 Å². The van der Waals surface area contributed by atoms with Crippen molar-refractivity contribution in [3.8, 4) is 11.1 Å². The fourth-order valence-corrected chi connectivity index (χ4v) is 4.40. The summed E-state index contributed by atoms with van der Waals surface area (Å²) in [7, 11) is 0. The van der Waals surface area contributed by atoms with E-state index in [4.69, 9.17) is 9.84 Å². The average molecular weight is 534 g/mol. The number of nitrogens with zero attached hydrogens (tertiary/aromatic N) is 5. The van der Waals surface area contributed by atoms with Crippen LogP contribution < -0.4 is 15.5 Å². The van der Waals surface area contributed by atoms with Gasteiger partial charge in [-0.2, -0.15) is 0 Å². The second kappa shape index (κ2) is 11.4. The van der Waals surface area contributed by atoms with Crippen molar-refractivity contribution in [2.24, 2.45) is 0 Å². The van der Waals surface area contributed by atoms with Crippen molar-refractivity contribution in [1.29, 1.82) is 0 Å². The van der Waals surface area contributed by atoms with Crippen LogP contribution in [0, 0.1) is 5.82 Å². The lowest BCUT2D eigenvalue weighted by Crippen LogP contribution is -2.33. The van der Waals surface area contributed by atoms with Gasteiger partial charge in [0.25, 0.3) is 0 Å². The lowest BCUT2D eigenvalue weighted by atomic mass is 10.0. The smallest absolute Gasteiger partial charge is 0.414 e. The lowest BCUT2D eigenvalue weighted by molar-refractivity contribution is -0.119. The number of imidazole rings is 1. The first-order chi connectivity index (χ1) is 18.9.